The number of fused-ring (bicyclic) bond motifs is 5. The molecule has 0 N–H and O–H groups in total. The Morgan fingerprint density at radius 1 is 0.703 bits per heavy atom. The van der Waals surface area contributed by atoms with Gasteiger partial charge in [0.1, 0.15) is 18.2 Å². The van der Waals surface area contributed by atoms with Gasteiger partial charge < -0.3 is 4.42 Å². The lowest BCUT2D eigenvalue weighted by Crippen LogP contribution is -2.30. The summed E-state index contributed by atoms with van der Waals surface area (Å²) in [7, 11) is 2.09. The first-order valence-corrected chi connectivity index (χ1v) is 12.6. The number of rotatable bonds is 4. The minimum atomic E-state index is 0.769. The van der Waals surface area contributed by atoms with Gasteiger partial charge in [-0.1, -0.05) is 66.7 Å². The normalized spacial score (nSPS) is 11.5. The van der Waals surface area contributed by atoms with Gasteiger partial charge in [0.25, 0.3) is 0 Å². The molecule has 0 aliphatic rings. The Balaban J connectivity index is 1.49. The van der Waals surface area contributed by atoms with Gasteiger partial charge in [0.2, 0.25) is 5.69 Å². The van der Waals surface area contributed by atoms with E-state index in [0.29, 0.717) is 0 Å². The third kappa shape index (κ3) is 3.59. The smallest absolute Gasteiger partial charge is 0.212 e. The summed E-state index contributed by atoms with van der Waals surface area (Å²) in [6.07, 6.45) is 4.72. The van der Waals surface area contributed by atoms with Crippen LogP contribution in [-0.2, 0) is 13.5 Å². The zero-order valence-electron chi connectivity index (χ0n) is 20.6. The van der Waals surface area contributed by atoms with Crippen molar-refractivity contribution < 1.29 is 8.98 Å². The van der Waals surface area contributed by atoms with E-state index < -0.39 is 0 Å². The molecule has 0 amide bonds. The number of benzene rings is 4. The molecule has 3 heteroatoms. The van der Waals surface area contributed by atoms with Crippen molar-refractivity contribution in [2.75, 3.05) is 0 Å². The van der Waals surface area contributed by atoms with Crippen LogP contribution in [0.4, 0.5) is 0 Å². The Morgan fingerprint density at radius 3 is 2.43 bits per heavy atom. The first-order chi connectivity index (χ1) is 18.3. The molecule has 3 aromatic heterocycles. The maximum Gasteiger partial charge on any atom is 0.212 e. The van der Waals surface area contributed by atoms with Gasteiger partial charge in [-0.3, -0.25) is 4.98 Å². The number of aromatic nitrogens is 2. The molecule has 0 radical (unpaired) electrons. The van der Waals surface area contributed by atoms with E-state index in [4.69, 9.17) is 9.40 Å². The fraction of sp³-hybridized carbons (Fsp3) is 0.0588. The molecular weight excluding hydrogens is 452 g/mol. The molecular formula is C34H25N2O+. The summed E-state index contributed by atoms with van der Waals surface area (Å²) in [6.45, 7) is 0. The standard InChI is InChI=1S/C34H25N2O/c1-36-21-9-7-15-30(36)26-12-4-3-11-24(26)22-25-16-18-28-33-27-13-5-2-10-23(27)17-19-31(33)37-34(28)32(25)29-14-6-8-20-35-29/h2-21H,22H2,1H3/q+1. The molecule has 7 aromatic rings. The van der Waals surface area contributed by atoms with Gasteiger partial charge in [-0.15, -0.1) is 0 Å². The zero-order valence-corrected chi connectivity index (χ0v) is 20.6. The summed E-state index contributed by atoms with van der Waals surface area (Å²) in [6, 6.07) is 38.3. The third-order valence-corrected chi connectivity index (χ3v) is 7.27. The average molecular weight is 478 g/mol. The first-order valence-electron chi connectivity index (χ1n) is 12.6. The van der Waals surface area contributed by atoms with Gasteiger partial charge in [-0.05, 0) is 58.7 Å². The van der Waals surface area contributed by atoms with Crippen molar-refractivity contribution in [3.63, 3.8) is 0 Å². The van der Waals surface area contributed by atoms with Crippen molar-refractivity contribution in [2.45, 2.75) is 6.42 Å². The van der Waals surface area contributed by atoms with Crippen molar-refractivity contribution >= 4 is 32.7 Å². The highest BCUT2D eigenvalue weighted by atomic mass is 16.3. The van der Waals surface area contributed by atoms with E-state index in [-0.39, 0.29) is 0 Å². The van der Waals surface area contributed by atoms with Crippen molar-refractivity contribution in [3.05, 3.63) is 133 Å². The third-order valence-electron chi connectivity index (χ3n) is 7.27. The lowest BCUT2D eigenvalue weighted by atomic mass is 9.92. The predicted octanol–water partition coefficient (Wildman–Crippen LogP) is 7.88. The van der Waals surface area contributed by atoms with E-state index in [9.17, 15) is 0 Å². The van der Waals surface area contributed by atoms with Gasteiger partial charge in [-0.2, -0.15) is 0 Å². The fourth-order valence-electron chi connectivity index (χ4n) is 5.52. The van der Waals surface area contributed by atoms with E-state index in [1.54, 1.807) is 0 Å². The molecule has 0 spiro atoms. The Hall–Kier alpha value is -4.76. The summed E-state index contributed by atoms with van der Waals surface area (Å²) in [5.74, 6) is 0. The number of hydrogen-bond donors (Lipinski definition) is 0. The Kier molecular flexibility index (Phi) is 5.07. The maximum absolute atomic E-state index is 6.61. The zero-order chi connectivity index (χ0) is 24.8. The summed E-state index contributed by atoms with van der Waals surface area (Å²) in [5, 5.41) is 4.71. The predicted molar refractivity (Wildman–Crippen MR) is 150 cm³/mol. The Labute approximate surface area is 215 Å². The summed E-state index contributed by atoms with van der Waals surface area (Å²) in [5.41, 5.74) is 8.66. The molecule has 37 heavy (non-hydrogen) atoms. The molecule has 0 saturated heterocycles. The molecule has 4 aromatic carbocycles. The maximum atomic E-state index is 6.61. The monoisotopic (exact) mass is 477 g/mol. The minimum absolute atomic E-state index is 0.769. The van der Waals surface area contributed by atoms with Gasteiger partial charge >= 0.3 is 0 Å². The molecule has 0 atom stereocenters. The number of nitrogens with zero attached hydrogens (tertiary/aromatic N) is 2. The van der Waals surface area contributed by atoms with Gasteiger partial charge in [0.05, 0.1) is 5.69 Å². The highest BCUT2D eigenvalue weighted by Crippen LogP contribution is 2.41. The number of furan rings is 1. The van der Waals surface area contributed by atoms with Gasteiger partial charge in [-0.25, -0.2) is 4.57 Å². The highest BCUT2D eigenvalue weighted by Gasteiger charge is 2.20. The van der Waals surface area contributed by atoms with Crippen LogP contribution in [0, 0.1) is 0 Å². The van der Waals surface area contributed by atoms with Crippen LogP contribution in [-0.4, -0.2) is 4.98 Å². The highest BCUT2D eigenvalue weighted by molar-refractivity contribution is 6.20. The van der Waals surface area contributed by atoms with Crippen LogP contribution in [0.3, 0.4) is 0 Å². The lowest BCUT2D eigenvalue weighted by molar-refractivity contribution is -0.660. The summed E-state index contributed by atoms with van der Waals surface area (Å²) >= 11 is 0. The molecule has 0 aliphatic carbocycles. The van der Waals surface area contributed by atoms with Crippen LogP contribution in [0.25, 0.3) is 55.2 Å². The Morgan fingerprint density at radius 2 is 1.54 bits per heavy atom. The van der Waals surface area contributed by atoms with Crippen LogP contribution in [0.2, 0.25) is 0 Å². The van der Waals surface area contributed by atoms with Crippen molar-refractivity contribution in [1.29, 1.82) is 0 Å². The van der Waals surface area contributed by atoms with Crippen LogP contribution >= 0.6 is 0 Å². The first kappa shape index (κ1) is 21.5. The summed E-state index contributed by atoms with van der Waals surface area (Å²) < 4.78 is 8.79. The van der Waals surface area contributed by atoms with Crippen LogP contribution in [0.15, 0.2) is 126 Å². The second-order valence-corrected chi connectivity index (χ2v) is 9.48. The minimum Gasteiger partial charge on any atom is -0.455 e. The molecule has 0 fully saturated rings. The van der Waals surface area contributed by atoms with E-state index in [2.05, 4.69) is 115 Å². The molecule has 0 unspecified atom stereocenters. The van der Waals surface area contributed by atoms with Crippen LogP contribution in [0.5, 0.6) is 0 Å². The molecule has 3 nitrogen and oxygen atoms in total. The van der Waals surface area contributed by atoms with E-state index in [0.717, 1.165) is 39.6 Å². The van der Waals surface area contributed by atoms with Crippen molar-refractivity contribution in [2.24, 2.45) is 7.05 Å². The van der Waals surface area contributed by atoms with E-state index in [1.807, 2.05) is 18.3 Å². The second kappa shape index (κ2) is 8.72. The fourth-order valence-corrected chi connectivity index (χ4v) is 5.52. The number of hydrogen-bond acceptors (Lipinski definition) is 2. The largest absolute Gasteiger partial charge is 0.455 e. The van der Waals surface area contributed by atoms with E-state index in [1.165, 1.54) is 33.2 Å². The molecule has 176 valence electrons. The second-order valence-electron chi connectivity index (χ2n) is 9.48. The molecule has 0 aliphatic heterocycles. The molecule has 0 bridgehead atoms. The molecule has 3 heterocycles. The average Bonchev–Trinajstić information content (AvgIpc) is 3.33. The number of pyridine rings is 2. The molecule has 7 rings (SSSR count). The van der Waals surface area contributed by atoms with Gasteiger partial charge in [0.15, 0.2) is 6.20 Å². The lowest BCUT2D eigenvalue weighted by Gasteiger charge is -2.13. The Bertz CT molecular complexity index is 1920. The van der Waals surface area contributed by atoms with Crippen LogP contribution in [0.1, 0.15) is 11.1 Å². The van der Waals surface area contributed by atoms with Crippen molar-refractivity contribution in [1.82, 2.24) is 4.98 Å². The van der Waals surface area contributed by atoms with E-state index >= 15 is 0 Å². The quantitative estimate of drug-likeness (QED) is 0.241. The summed E-state index contributed by atoms with van der Waals surface area (Å²) in [4.78, 5) is 4.76. The topological polar surface area (TPSA) is 29.9 Å². The van der Waals surface area contributed by atoms with Crippen LogP contribution < -0.4 is 4.57 Å². The van der Waals surface area contributed by atoms with Gasteiger partial charge in [0, 0.05) is 40.2 Å². The number of aryl methyl sites for hydroxylation is 1. The molecule has 0 saturated carbocycles. The van der Waals surface area contributed by atoms with Crippen molar-refractivity contribution in [3.8, 4) is 22.5 Å². The SMILES string of the molecule is C[n+]1ccccc1-c1ccccc1Cc1ccc2c(oc3ccc4ccccc4c32)c1-c1ccccn1.